The maximum atomic E-state index is 11.7. The van der Waals surface area contributed by atoms with Crippen molar-refractivity contribution in [1.29, 1.82) is 0 Å². The molecule has 0 aromatic carbocycles. The molecule has 96 valence electrons. The Morgan fingerprint density at radius 2 is 1.88 bits per heavy atom. The summed E-state index contributed by atoms with van der Waals surface area (Å²) in [4.78, 5) is 22.3. The summed E-state index contributed by atoms with van der Waals surface area (Å²) in [6.07, 6.45) is 5.99. The van der Waals surface area contributed by atoms with Gasteiger partial charge in [-0.25, -0.2) is 0 Å². The fraction of sp³-hybridized carbons (Fsp3) is 0.846. The monoisotopic (exact) mass is 238 g/mol. The number of rotatable bonds is 5. The van der Waals surface area contributed by atoms with Gasteiger partial charge in [0.25, 0.3) is 0 Å². The second-order valence-electron chi connectivity index (χ2n) is 5.47. The van der Waals surface area contributed by atoms with E-state index in [1.165, 1.54) is 32.6 Å². The summed E-state index contributed by atoms with van der Waals surface area (Å²) in [5, 5.41) is 5.54. The highest BCUT2D eigenvalue weighted by molar-refractivity contribution is 5.76. The largest absolute Gasteiger partial charge is 0.355 e. The molecule has 0 aromatic heterocycles. The van der Waals surface area contributed by atoms with E-state index in [0.717, 1.165) is 11.8 Å². The highest BCUT2D eigenvalue weighted by atomic mass is 16.2. The van der Waals surface area contributed by atoms with Crippen molar-refractivity contribution < 1.29 is 9.59 Å². The average Bonchev–Trinajstić information content (AvgIpc) is 2.86. The molecule has 17 heavy (non-hydrogen) atoms. The first kappa shape index (κ1) is 12.4. The van der Waals surface area contributed by atoms with E-state index in [1.807, 2.05) is 0 Å². The molecule has 0 aliphatic heterocycles. The zero-order valence-electron chi connectivity index (χ0n) is 10.5. The van der Waals surface area contributed by atoms with Crippen molar-refractivity contribution in [2.45, 2.75) is 39.0 Å². The molecule has 4 nitrogen and oxygen atoms in total. The van der Waals surface area contributed by atoms with E-state index >= 15 is 0 Å². The van der Waals surface area contributed by atoms with Gasteiger partial charge in [-0.3, -0.25) is 9.59 Å². The maximum Gasteiger partial charge on any atom is 0.220 e. The van der Waals surface area contributed by atoms with Crippen LogP contribution in [0.3, 0.4) is 0 Å². The lowest BCUT2D eigenvalue weighted by Gasteiger charge is -2.20. The topological polar surface area (TPSA) is 58.2 Å². The van der Waals surface area contributed by atoms with E-state index < -0.39 is 0 Å². The summed E-state index contributed by atoms with van der Waals surface area (Å²) in [6.45, 7) is 2.55. The molecule has 2 amide bonds. The molecule has 0 saturated heterocycles. The Morgan fingerprint density at radius 1 is 1.12 bits per heavy atom. The first-order valence-corrected chi connectivity index (χ1v) is 6.66. The van der Waals surface area contributed by atoms with Crippen LogP contribution >= 0.6 is 0 Å². The molecule has 2 saturated carbocycles. The van der Waals surface area contributed by atoms with Gasteiger partial charge in [-0.05, 0) is 37.0 Å². The predicted molar refractivity (Wildman–Crippen MR) is 65.2 cm³/mol. The van der Waals surface area contributed by atoms with Gasteiger partial charge < -0.3 is 10.6 Å². The second kappa shape index (κ2) is 5.52. The zero-order chi connectivity index (χ0) is 12.3. The van der Waals surface area contributed by atoms with Crippen molar-refractivity contribution in [1.82, 2.24) is 10.6 Å². The molecule has 2 rings (SSSR count). The van der Waals surface area contributed by atoms with Crippen molar-refractivity contribution in [2.75, 3.05) is 13.1 Å². The standard InChI is InChI=1S/C13H22N2O2/c1-9(16)14-4-5-15-13(17)8-12-7-10-2-3-11(12)6-10/h10-12H,2-8H2,1H3,(H,14,16)(H,15,17)/t10-,11-,12-/m0/s1. The molecule has 0 radical (unpaired) electrons. The molecule has 0 unspecified atom stereocenters. The van der Waals surface area contributed by atoms with Crippen molar-refractivity contribution in [2.24, 2.45) is 17.8 Å². The van der Waals surface area contributed by atoms with Gasteiger partial charge in [0.2, 0.25) is 11.8 Å². The van der Waals surface area contributed by atoms with E-state index in [2.05, 4.69) is 10.6 Å². The van der Waals surface area contributed by atoms with Gasteiger partial charge in [-0.2, -0.15) is 0 Å². The lowest BCUT2D eigenvalue weighted by molar-refractivity contribution is -0.123. The van der Waals surface area contributed by atoms with Crippen LogP contribution in [0.15, 0.2) is 0 Å². The van der Waals surface area contributed by atoms with Crippen LogP contribution in [0, 0.1) is 17.8 Å². The molecular formula is C13H22N2O2. The van der Waals surface area contributed by atoms with Gasteiger partial charge in [0, 0.05) is 26.4 Å². The summed E-state index contributed by atoms with van der Waals surface area (Å²) in [5.41, 5.74) is 0. The first-order chi connectivity index (χ1) is 8.15. The molecule has 2 aliphatic carbocycles. The summed E-state index contributed by atoms with van der Waals surface area (Å²) in [6, 6.07) is 0. The molecule has 2 bridgehead atoms. The Balaban J connectivity index is 1.59. The molecule has 0 spiro atoms. The van der Waals surface area contributed by atoms with Crippen LogP contribution in [-0.2, 0) is 9.59 Å². The van der Waals surface area contributed by atoms with Crippen LogP contribution in [0.5, 0.6) is 0 Å². The van der Waals surface area contributed by atoms with E-state index in [4.69, 9.17) is 0 Å². The second-order valence-corrected chi connectivity index (χ2v) is 5.47. The van der Waals surface area contributed by atoms with Crippen LogP contribution in [0.25, 0.3) is 0 Å². The molecular weight excluding hydrogens is 216 g/mol. The Morgan fingerprint density at radius 3 is 2.47 bits per heavy atom. The molecule has 2 aliphatic rings. The lowest BCUT2D eigenvalue weighted by Crippen LogP contribution is -2.34. The van der Waals surface area contributed by atoms with Gasteiger partial charge >= 0.3 is 0 Å². The van der Waals surface area contributed by atoms with E-state index in [0.29, 0.717) is 25.4 Å². The number of nitrogens with one attached hydrogen (secondary N) is 2. The number of carbonyl (C=O) groups excluding carboxylic acids is 2. The van der Waals surface area contributed by atoms with Gasteiger partial charge in [-0.15, -0.1) is 0 Å². The minimum absolute atomic E-state index is 0.0487. The highest BCUT2D eigenvalue weighted by Crippen LogP contribution is 2.49. The maximum absolute atomic E-state index is 11.7. The third kappa shape index (κ3) is 3.45. The molecule has 0 heterocycles. The highest BCUT2D eigenvalue weighted by Gasteiger charge is 2.39. The average molecular weight is 238 g/mol. The van der Waals surface area contributed by atoms with Crippen LogP contribution in [0.4, 0.5) is 0 Å². The molecule has 4 heteroatoms. The molecule has 2 N–H and O–H groups in total. The SMILES string of the molecule is CC(=O)NCCNC(=O)C[C@@H]1C[C@H]2CC[C@H]1C2. The first-order valence-electron chi connectivity index (χ1n) is 6.66. The van der Waals surface area contributed by atoms with Gasteiger partial charge in [0.1, 0.15) is 0 Å². The van der Waals surface area contributed by atoms with Crippen molar-refractivity contribution >= 4 is 11.8 Å². The van der Waals surface area contributed by atoms with Crippen LogP contribution in [0.1, 0.15) is 39.0 Å². The summed E-state index contributed by atoms with van der Waals surface area (Å²) < 4.78 is 0. The van der Waals surface area contributed by atoms with Crippen molar-refractivity contribution in [3.8, 4) is 0 Å². The third-order valence-corrected chi connectivity index (χ3v) is 4.15. The van der Waals surface area contributed by atoms with Gasteiger partial charge in [0.15, 0.2) is 0 Å². The number of amides is 2. The molecule has 3 atom stereocenters. The normalized spacial score (nSPS) is 30.3. The number of hydrogen-bond donors (Lipinski definition) is 2. The number of hydrogen-bond acceptors (Lipinski definition) is 2. The fourth-order valence-corrected chi connectivity index (χ4v) is 3.38. The minimum atomic E-state index is -0.0487. The van der Waals surface area contributed by atoms with Gasteiger partial charge in [-0.1, -0.05) is 6.42 Å². The Kier molecular flexibility index (Phi) is 4.02. The minimum Gasteiger partial charge on any atom is -0.355 e. The number of fused-ring (bicyclic) bond motifs is 2. The molecule has 2 fully saturated rings. The van der Waals surface area contributed by atoms with E-state index in [1.54, 1.807) is 0 Å². The predicted octanol–water partition coefficient (Wildman–Crippen LogP) is 1.06. The Bertz CT molecular complexity index is 304. The van der Waals surface area contributed by atoms with Crippen LogP contribution in [-0.4, -0.2) is 24.9 Å². The summed E-state index contributed by atoms with van der Waals surface area (Å²) >= 11 is 0. The number of carbonyl (C=O) groups is 2. The van der Waals surface area contributed by atoms with Crippen LogP contribution in [0.2, 0.25) is 0 Å². The third-order valence-electron chi connectivity index (χ3n) is 4.15. The van der Waals surface area contributed by atoms with Crippen molar-refractivity contribution in [3.05, 3.63) is 0 Å². The quantitative estimate of drug-likeness (QED) is 0.704. The summed E-state index contributed by atoms with van der Waals surface area (Å²) in [5.74, 6) is 2.42. The van der Waals surface area contributed by atoms with Crippen molar-refractivity contribution in [3.63, 3.8) is 0 Å². The Labute approximate surface area is 103 Å². The van der Waals surface area contributed by atoms with Gasteiger partial charge in [0.05, 0.1) is 0 Å². The van der Waals surface area contributed by atoms with E-state index in [9.17, 15) is 9.59 Å². The van der Waals surface area contributed by atoms with E-state index in [-0.39, 0.29) is 11.8 Å². The Hall–Kier alpha value is -1.06. The lowest BCUT2D eigenvalue weighted by atomic mass is 9.86. The smallest absolute Gasteiger partial charge is 0.220 e. The van der Waals surface area contributed by atoms with Crippen LogP contribution < -0.4 is 10.6 Å². The fourth-order valence-electron chi connectivity index (χ4n) is 3.38. The zero-order valence-corrected chi connectivity index (χ0v) is 10.5. The molecule has 0 aromatic rings. The summed E-state index contributed by atoms with van der Waals surface area (Å²) in [7, 11) is 0.